The molecule has 1 N–H and O–H groups in total. The second-order valence-corrected chi connectivity index (χ2v) is 10.3. The van der Waals surface area contributed by atoms with Crippen LogP contribution in [-0.2, 0) is 19.9 Å². The molecule has 0 radical (unpaired) electrons. The fourth-order valence-electron chi connectivity index (χ4n) is 6.48. The summed E-state index contributed by atoms with van der Waals surface area (Å²) in [4.78, 5) is 44.6. The molecule has 4 atom stereocenters. The molecule has 1 amide bonds. The van der Waals surface area contributed by atoms with Crippen LogP contribution in [0.25, 0.3) is 0 Å². The van der Waals surface area contributed by atoms with E-state index in [0.29, 0.717) is 29.8 Å². The van der Waals surface area contributed by atoms with Crippen molar-refractivity contribution in [2.24, 2.45) is 5.92 Å². The van der Waals surface area contributed by atoms with Crippen molar-refractivity contribution in [3.05, 3.63) is 59.4 Å². The van der Waals surface area contributed by atoms with E-state index in [9.17, 15) is 18.8 Å². The van der Waals surface area contributed by atoms with E-state index >= 15 is 0 Å². The summed E-state index contributed by atoms with van der Waals surface area (Å²) < 4.78 is 18.9. The molecule has 0 saturated carbocycles. The van der Waals surface area contributed by atoms with Crippen molar-refractivity contribution in [2.45, 2.75) is 47.4 Å². The number of ketones is 1. The second kappa shape index (κ2) is 7.14. The highest BCUT2D eigenvalue weighted by Gasteiger charge is 2.78. The number of esters is 1. The van der Waals surface area contributed by atoms with Crippen LogP contribution in [0.2, 0.25) is 0 Å². The maximum absolute atomic E-state index is 14.5. The smallest absolute Gasteiger partial charge is 0.313 e. The summed E-state index contributed by atoms with van der Waals surface area (Å²) in [7, 11) is 0. The number of benzene rings is 2. The molecule has 2 saturated heterocycles. The third-order valence-corrected chi connectivity index (χ3v) is 9.18. The van der Waals surface area contributed by atoms with Crippen molar-refractivity contribution in [1.29, 1.82) is 0 Å². The quantitative estimate of drug-likeness (QED) is 0.680. The molecule has 4 aliphatic rings. The number of hydrogen-bond acceptors (Lipinski definition) is 6. The number of hydrogen-bond donors (Lipinski definition) is 1. The molecule has 2 fully saturated rings. The van der Waals surface area contributed by atoms with Gasteiger partial charge in [-0.25, -0.2) is 4.39 Å². The molecular weight excluding hydrogens is 443 g/mol. The molecule has 4 heterocycles. The molecule has 33 heavy (non-hydrogen) atoms. The lowest BCUT2D eigenvalue weighted by Gasteiger charge is -2.41. The second-order valence-electron chi connectivity index (χ2n) is 9.02. The van der Waals surface area contributed by atoms with Gasteiger partial charge in [0, 0.05) is 27.8 Å². The largest absolute Gasteiger partial charge is 0.466 e. The number of thioether (sulfide) groups is 1. The van der Waals surface area contributed by atoms with Gasteiger partial charge in [0.15, 0.2) is 5.78 Å². The number of carbonyl (C=O) groups is 3. The number of Topliss-reactive ketones (excluding diaryl/α,β-unsaturated/α-hetero) is 1. The van der Waals surface area contributed by atoms with Crippen molar-refractivity contribution in [1.82, 2.24) is 4.90 Å². The van der Waals surface area contributed by atoms with E-state index in [-0.39, 0.29) is 18.4 Å². The summed E-state index contributed by atoms with van der Waals surface area (Å²) in [6, 6.07) is 11.1. The molecule has 0 unspecified atom stereocenters. The SMILES string of the molecule is CCOC(=O)[C@H]1[C@@]2(Sc3ccccc3C2=O)[C@@H]2CCCCN2[C@@]12C(=O)Nc1ccc(F)cc12. The number of fused-ring (bicyclic) bond motifs is 6. The lowest BCUT2D eigenvalue weighted by Crippen LogP contribution is -2.55. The molecule has 0 aromatic heterocycles. The van der Waals surface area contributed by atoms with Gasteiger partial charge in [0.25, 0.3) is 5.91 Å². The minimum Gasteiger partial charge on any atom is -0.466 e. The summed E-state index contributed by atoms with van der Waals surface area (Å²) >= 11 is 1.38. The van der Waals surface area contributed by atoms with E-state index in [1.807, 2.05) is 23.1 Å². The molecule has 2 spiro atoms. The molecule has 2 aromatic carbocycles. The standard InChI is InChI=1S/C25H23FN2O4S/c1-2-32-22(30)20-24(16-13-14(26)10-11-17(16)27-23(24)31)28-12-6-5-9-19(28)25(20)21(29)15-7-3-4-8-18(15)33-25/h3-4,7-8,10-11,13,19-20H,2,5-6,9,12H2,1H3,(H,27,31)/t19-,20+,24+,25-/m0/s1. The van der Waals surface area contributed by atoms with Crippen molar-refractivity contribution in [3.63, 3.8) is 0 Å². The fourth-order valence-corrected chi connectivity index (χ4v) is 8.23. The van der Waals surface area contributed by atoms with Crippen molar-refractivity contribution < 1.29 is 23.5 Å². The zero-order valence-electron chi connectivity index (χ0n) is 18.1. The molecule has 8 heteroatoms. The first-order valence-corrected chi connectivity index (χ1v) is 12.2. The summed E-state index contributed by atoms with van der Waals surface area (Å²) in [5, 5.41) is 2.88. The number of ether oxygens (including phenoxy) is 1. The highest BCUT2D eigenvalue weighted by atomic mass is 32.2. The predicted octanol–water partition coefficient (Wildman–Crippen LogP) is 3.75. The molecule has 2 aromatic rings. The molecule has 0 aliphatic carbocycles. The number of nitrogens with zero attached hydrogens (tertiary/aromatic N) is 1. The van der Waals surface area contributed by atoms with Gasteiger partial charge in [0.2, 0.25) is 0 Å². The normalized spacial score (nSPS) is 32.1. The van der Waals surface area contributed by atoms with Crippen LogP contribution in [0.1, 0.15) is 42.1 Å². The van der Waals surface area contributed by atoms with Gasteiger partial charge < -0.3 is 10.1 Å². The molecule has 0 bridgehead atoms. The highest BCUT2D eigenvalue weighted by molar-refractivity contribution is 8.02. The van der Waals surface area contributed by atoms with Crippen LogP contribution in [0.15, 0.2) is 47.4 Å². The Hall–Kier alpha value is -2.71. The first kappa shape index (κ1) is 20.9. The average molecular weight is 467 g/mol. The first-order valence-electron chi connectivity index (χ1n) is 11.3. The predicted molar refractivity (Wildman–Crippen MR) is 121 cm³/mol. The molecule has 170 valence electrons. The molecule has 4 aliphatic heterocycles. The van der Waals surface area contributed by atoms with Crippen molar-refractivity contribution in [3.8, 4) is 0 Å². The van der Waals surface area contributed by atoms with E-state index < -0.39 is 33.9 Å². The van der Waals surface area contributed by atoms with Gasteiger partial charge in [-0.2, -0.15) is 0 Å². The van der Waals surface area contributed by atoms with Crippen LogP contribution >= 0.6 is 11.8 Å². The average Bonchev–Trinajstić information content (AvgIpc) is 3.37. The van der Waals surface area contributed by atoms with Gasteiger partial charge in [-0.15, -0.1) is 11.8 Å². The topological polar surface area (TPSA) is 75.7 Å². The van der Waals surface area contributed by atoms with Crippen LogP contribution in [-0.4, -0.2) is 46.5 Å². The Morgan fingerprint density at radius 3 is 2.85 bits per heavy atom. The number of carbonyl (C=O) groups excluding carboxylic acids is 3. The molecular formula is C25H23FN2O4S. The Balaban J connectivity index is 1.67. The molecule has 6 rings (SSSR count). The maximum atomic E-state index is 14.5. The van der Waals surface area contributed by atoms with E-state index in [2.05, 4.69) is 5.32 Å². The molecule has 6 nitrogen and oxygen atoms in total. The number of halogens is 1. The van der Waals surface area contributed by atoms with E-state index in [1.54, 1.807) is 13.0 Å². The van der Waals surface area contributed by atoms with Crippen LogP contribution < -0.4 is 5.32 Å². The summed E-state index contributed by atoms with van der Waals surface area (Å²) in [5.74, 6) is -2.73. The van der Waals surface area contributed by atoms with Gasteiger partial charge in [0.05, 0.1) is 6.61 Å². The Kier molecular flexibility index (Phi) is 4.52. The van der Waals surface area contributed by atoms with Crippen molar-refractivity contribution >= 4 is 35.1 Å². The zero-order valence-corrected chi connectivity index (χ0v) is 18.9. The number of amides is 1. The minimum atomic E-state index is -1.50. The Labute approximate surface area is 194 Å². The van der Waals surface area contributed by atoms with Crippen LogP contribution in [0, 0.1) is 11.7 Å². The van der Waals surface area contributed by atoms with Gasteiger partial charge in [-0.05, 0) is 50.6 Å². The van der Waals surface area contributed by atoms with Crippen LogP contribution in [0.5, 0.6) is 0 Å². The fraction of sp³-hybridized carbons (Fsp3) is 0.400. The monoisotopic (exact) mass is 466 g/mol. The Morgan fingerprint density at radius 2 is 2.06 bits per heavy atom. The third kappa shape index (κ3) is 2.45. The van der Waals surface area contributed by atoms with E-state index in [4.69, 9.17) is 4.74 Å². The van der Waals surface area contributed by atoms with Gasteiger partial charge in [-0.1, -0.05) is 24.6 Å². The van der Waals surface area contributed by atoms with Crippen LogP contribution in [0.3, 0.4) is 0 Å². The number of anilines is 1. The van der Waals surface area contributed by atoms with E-state index in [1.165, 1.54) is 30.0 Å². The van der Waals surface area contributed by atoms with E-state index in [0.717, 1.165) is 17.7 Å². The summed E-state index contributed by atoms with van der Waals surface area (Å²) in [6.07, 6.45) is 2.38. The van der Waals surface area contributed by atoms with Crippen molar-refractivity contribution in [2.75, 3.05) is 18.5 Å². The summed E-state index contributed by atoms with van der Waals surface area (Å²) in [5.41, 5.74) is -0.0413. The third-order valence-electron chi connectivity index (χ3n) is 7.57. The lowest BCUT2D eigenvalue weighted by molar-refractivity contribution is -0.155. The number of piperidine rings is 1. The summed E-state index contributed by atoms with van der Waals surface area (Å²) in [6.45, 7) is 2.37. The number of nitrogens with one attached hydrogen (secondary N) is 1. The lowest BCUT2D eigenvalue weighted by atomic mass is 9.72. The minimum absolute atomic E-state index is 0.121. The van der Waals surface area contributed by atoms with Gasteiger partial charge >= 0.3 is 5.97 Å². The Bertz CT molecular complexity index is 1220. The van der Waals surface area contributed by atoms with Crippen LogP contribution in [0.4, 0.5) is 10.1 Å². The first-order chi connectivity index (χ1) is 16.0. The van der Waals surface area contributed by atoms with Gasteiger partial charge in [0.1, 0.15) is 22.0 Å². The van der Waals surface area contributed by atoms with Gasteiger partial charge in [-0.3, -0.25) is 19.3 Å². The zero-order chi connectivity index (χ0) is 23.0. The highest BCUT2D eigenvalue weighted by Crippen LogP contribution is 2.66. The number of rotatable bonds is 2. The maximum Gasteiger partial charge on any atom is 0.313 e. The Morgan fingerprint density at radius 1 is 1.24 bits per heavy atom.